The SMILES string of the molecule is CC1(C)Oc2ccsc2[C@@H](NC(=O)C(C2CC2)C2CC2)[C@@H]1O. The fourth-order valence-corrected chi connectivity index (χ4v) is 4.52. The number of fused-ring (bicyclic) bond motifs is 1. The molecular weight excluding hydrogens is 298 g/mol. The number of nitrogens with one attached hydrogen (secondary N) is 1. The number of hydrogen-bond acceptors (Lipinski definition) is 4. The molecule has 0 bridgehead atoms. The van der Waals surface area contributed by atoms with Crippen LogP contribution < -0.4 is 10.1 Å². The maximum Gasteiger partial charge on any atom is 0.224 e. The van der Waals surface area contributed by atoms with Gasteiger partial charge in [0, 0.05) is 5.92 Å². The zero-order chi connectivity index (χ0) is 15.5. The van der Waals surface area contributed by atoms with Gasteiger partial charge in [-0.2, -0.15) is 0 Å². The molecule has 0 radical (unpaired) electrons. The van der Waals surface area contributed by atoms with Crippen molar-refractivity contribution >= 4 is 17.2 Å². The van der Waals surface area contributed by atoms with Gasteiger partial charge in [0.2, 0.25) is 5.91 Å². The van der Waals surface area contributed by atoms with E-state index < -0.39 is 11.7 Å². The smallest absolute Gasteiger partial charge is 0.224 e. The molecule has 0 aromatic carbocycles. The largest absolute Gasteiger partial charge is 0.484 e. The van der Waals surface area contributed by atoms with Crippen LogP contribution in [-0.4, -0.2) is 22.7 Å². The molecule has 2 heterocycles. The Balaban J connectivity index is 1.57. The molecule has 22 heavy (non-hydrogen) atoms. The van der Waals surface area contributed by atoms with Crippen molar-refractivity contribution in [3.63, 3.8) is 0 Å². The second kappa shape index (κ2) is 4.96. The molecule has 2 saturated carbocycles. The van der Waals surface area contributed by atoms with E-state index in [0.29, 0.717) is 11.8 Å². The van der Waals surface area contributed by atoms with Gasteiger partial charge >= 0.3 is 0 Å². The molecule has 0 saturated heterocycles. The topological polar surface area (TPSA) is 58.6 Å². The summed E-state index contributed by atoms with van der Waals surface area (Å²) < 4.78 is 5.87. The van der Waals surface area contributed by atoms with Crippen LogP contribution in [0.15, 0.2) is 11.4 Å². The quantitative estimate of drug-likeness (QED) is 0.896. The maximum atomic E-state index is 12.8. The van der Waals surface area contributed by atoms with E-state index in [1.165, 1.54) is 37.0 Å². The monoisotopic (exact) mass is 321 g/mol. The zero-order valence-electron chi connectivity index (χ0n) is 13.0. The highest BCUT2D eigenvalue weighted by atomic mass is 32.1. The summed E-state index contributed by atoms with van der Waals surface area (Å²) in [5.41, 5.74) is -0.694. The Bertz CT molecular complexity index is 576. The van der Waals surface area contributed by atoms with Gasteiger partial charge in [-0.15, -0.1) is 11.3 Å². The molecule has 0 unspecified atom stereocenters. The lowest BCUT2D eigenvalue weighted by molar-refractivity contribution is -0.130. The Morgan fingerprint density at radius 2 is 2.00 bits per heavy atom. The van der Waals surface area contributed by atoms with E-state index in [0.717, 1.165) is 10.6 Å². The lowest BCUT2D eigenvalue weighted by Crippen LogP contribution is -2.54. The first kappa shape index (κ1) is 14.5. The van der Waals surface area contributed by atoms with E-state index in [9.17, 15) is 9.90 Å². The van der Waals surface area contributed by atoms with E-state index in [-0.39, 0.29) is 17.9 Å². The summed E-state index contributed by atoms with van der Waals surface area (Å²) in [6.45, 7) is 3.74. The number of carbonyl (C=O) groups is 1. The third-order valence-electron chi connectivity index (χ3n) is 5.20. The van der Waals surface area contributed by atoms with Crippen molar-refractivity contribution in [2.75, 3.05) is 0 Å². The Hall–Kier alpha value is -1.07. The highest BCUT2D eigenvalue weighted by molar-refractivity contribution is 7.10. The summed E-state index contributed by atoms with van der Waals surface area (Å²) >= 11 is 1.54. The summed E-state index contributed by atoms with van der Waals surface area (Å²) in [4.78, 5) is 13.7. The van der Waals surface area contributed by atoms with E-state index in [2.05, 4.69) is 5.32 Å². The van der Waals surface area contributed by atoms with Crippen LogP contribution in [0.1, 0.15) is 50.4 Å². The summed E-state index contributed by atoms with van der Waals surface area (Å²) in [5.74, 6) is 2.22. The fourth-order valence-electron chi connectivity index (χ4n) is 3.63. The molecule has 3 aliphatic rings. The van der Waals surface area contributed by atoms with Crippen LogP contribution in [0.4, 0.5) is 0 Å². The van der Waals surface area contributed by atoms with Crippen LogP contribution in [0.2, 0.25) is 0 Å². The van der Waals surface area contributed by atoms with Crippen molar-refractivity contribution in [1.29, 1.82) is 0 Å². The first-order valence-electron chi connectivity index (χ1n) is 8.22. The predicted molar refractivity (Wildman–Crippen MR) is 84.9 cm³/mol. The second-order valence-corrected chi connectivity index (χ2v) is 8.43. The lowest BCUT2D eigenvalue weighted by Gasteiger charge is -2.41. The minimum atomic E-state index is -0.735. The number of ether oxygens (including phenoxy) is 1. The van der Waals surface area contributed by atoms with Crippen LogP contribution >= 0.6 is 11.3 Å². The van der Waals surface area contributed by atoms with E-state index >= 15 is 0 Å². The van der Waals surface area contributed by atoms with Gasteiger partial charge in [0.15, 0.2) is 0 Å². The molecule has 1 aromatic rings. The van der Waals surface area contributed by atoms with E-state index in [1.807, 2.05) is 25.3 Å². The van der Waals surface area contributed by atoms with Gasteiger partial charge in [0.25, 0.3) is 0 Å². The summed E-state index contributed by atoms with van der Waals surface area (Å²) in [7, 11) is 0. The van der Waals surface area contributed by atoms with Crippen LogP contribution in [0.25, 0.3) is 0 Å². The van der Waals surface area contributed by atoms with Crippen LogP contribution in [0.3, 0.4) is 0 Å². The molecule has 2 atom stereocenters. The molecule has 120 valence electrons. The molecule has 5 heteroatoms. The Kier molecular flexibility index (Phi) is 3.28. The summed E-state index contributed by atoms with van der Waals surface area (Å²) in [6, 6.07) is 1.57. The number of aliphatic hydroxyl groups excluding tert-OH is 1. The highest BCUT2D eigenvalue weighted by Crippen LogP contribution is 2.50. The van der Waals surface area contributed by atoms with Crippen molar-refractivity contribution < 1.29 is 14.6 Å². The molecule has 0 spiro atoms. The molecule has 1 aliphatic heterocycles. The minimum absolute atomic E-state index is 0.131. The standard InChI is InChI=1S/C17H23NO3S/c1-17(2)15(19)13(14-11(21-17)7-8-22-14)18-16(20)12(9-3-4-9)10-5-6-10/h7-10,12-13,15,19H,3-6H2,1-2H3,(H,18,20)/t13-,15+/m1/s1. The van der Waals surface area contributed by atoms with Gasteiger partial charge in [-0.25, -0.2) is 0 Å². The van der Waals surface area contributed by atoms with Crippen molar-refractivity contribution in [2.45, 2.75) is 57.3 Å². The van der Waals surface area contributed by atoms with Gasteiger partial charge in [0.05, 0.1) is 10.9 Å². The van der Waals surface area contributed by atoms with Crippen molar-refractivity contribution in [3.8, 4) is 5.75 Å². The third-order valence-corrected chi connectivity index (χ3v) is 6.18. The highest BCUT2D eigenvalue weighted by Gasteiger charge is 2.49. The lowest BCUT2D eigenvalue weighted by atomic mass is 9.89. The van der Waals surface area contributed by atoms with Gasteiger partial charge < -0.3 is 15.2 Å². The molecule has 1 amide bonds. The number of hydrogen-bond donors (Lipinski definition) is 2. The Morgan fingerprint density at radius 3 is 2.59 bits per heavy atom. The van der Waals surface area contributed by atoms with Crippen molar-refractivity contribution in [3.05, 3.63) is 16.3 Å². The van der Waals surface area contributed by atoms with Gasteiger partial charge in [-0.3, -0.25) is 4.79 Å². The van der Waals surface area contributed by atoms with E-state index in [4.69, 9.17) is 4.74 Å². The number of rotatable bonds is 4. The normalized spacial score (nSPS) is 29.8. The molecule has 2 N–H and O–H groups in total. The number of amides is 1. The molecule has 4 rings (SSSR count). The maximum absolute atomic E-state index is 12.8. The van der Waals surface area contributed by atoms with Gasteiger partial charge in [-0.1, -0.05) is 0 Å². The molecule has 2 aliphatic carbocycles. The zero-order valence-corrected chi connectivity index (χ0v) is 13.9. The van der Waals surface area contributed by atoms with E-state index in [1.54, 1.807) is 0 Å². The fraction of sp³-hybridized carbons (Fsp3) is 0.706. The average Bonchev–Trinajstić information content (AvgIpc) is 3.37. The van der Waals surface area contributed by atoms with Crippen LogP contribution in [0, 0.1) is 17.8 Å². The Morgan fingerprint density at radius 1 is 1.36 bits per heavy atom. The summed E-state index contributed by atoms with van der Waals surface area (Å²) in [5, 5.41) is 15.8. The van der Waals surface area contributed by atoms with Crippen LogP contribution in [-0.2, 0) is 4.79 Å². The average molecular weight is 321 g/mol. The number of aliphatic hydroxyl groups is 1. The van der Waals surface area contributed by atoms with Gasteiger partial charge in [0.1, 0.15) is 17.5 Å². The number of thiophene rings is 1. The minimum Gasteiger partial charge on any atom is -0.484 e. The first-order valence-corrected chi connectivity index (χ1v) is 9.10. The van der Waals surface area contributed by atoms with Crippen LogP contribution in [0.5, 0.6) is 5.75 Å². The van der Waals surface area contributed by atoms with Gasteiger partial charge in [-0.05, 0) is 62.8 Å². The molecule has 1 aromatic heterocycles. The Labute approximate surface area is 134 Å². The predicted octanol–water partition coefficient (Wildman–Crippen LogP) is 2.87. The van der Waals surface area contributed by atoms with Crippen molar-refractivity contribution in [1.82, 2.24) is 5.32 Å². The van der Waals surface area contributed by atoms with Crippen molar-refractivity contribution in [2.24, 2.45) is 17.8 Å². The second-order valence-electron chi connectivity index (χ2n) is 7.49. The third kappa shape index (κ3) is 2.44. The first-order chi connectivity index (χ1) is 10.5. The molecule has 4 nitrogen and oxygen atoms in total. The molecule has 2 fully saturated rings. The summed E-state index contributed by atoms with van der Waals surface area (Å²) in [6.07, 6.45) is 3.99. The number of carbonyl (C=O) groups excluding carboxylic acids is 1. The molecular formula is C17H23NO3S.